The van der Waals surface area contributed by atoms with Crippen LogP contribution in [-0.4, -0.2) is 56.0 Å². The average Bonchev–Trinajstić information content (AvgIpc) is 3.33. The van der Waals surface area contributed by atoms with Crippen molar-refractivity contribution in [1.29, 1.82) is 0 Å². The summed E-state index contributed by atoms with van der Waals surface area (Å²) in [4.78, 5) is 19.2. The van der Waals surface area contributed by atoms with Crippen LogP contribution < -0.4 is 16.0 Å². The van der Waals surface area contributed by atoms with Gasteiger partial charge in [-0.2, -0.15) is 0 Å². The summed E-state index contributed by atoms with van der Waals surface area (Å²) in [5.41, 5.74) is 1.21. The molecule has 0 aliphatic carbocycles. The van der Waals surface area contributed by atoms with Crippen molar-refractivity contribution in [2.45, 2.75) is 38.6 Å². The van der Waals surface area contributed by atoms with Crippen LogP contribution in [0.4, 0.5) is 0 Å². The molecule has 1 aromatic carbocycles. The number of amides is 1. The summed E-state index contributed by atoms with van der Waals surface area (Å²) < 4.78 is 5.71. The number of hydrogen-bond donors (Lipinski definition) is 3. The molecule has 1 unspecified atom stereocenters. The van der Waals surface area contributed by atoms with E-state index in [9.17, 15) is 4.79 Å². The molecule has 0 spiro atoms. The quantitative estimate of drug-likeness (QED) is 0.239. The van der Waals surface area contributed by atoms with Gasteiger partial charge in [0.15, 0.2) is 5.96 Å². The number of furan rings is 1. The van der Waals surface area contributed by atoms with E-state index in [0.717, 1.165) is 31.8 Å². The number of carbonyl (C=O) groups is 1. The Morgan fingerprint density at radius 2 is 1.84 bits per heavy atom. The molecule has 1 aliphatic heterocycles. The molecule has 0 saturated carbocycles. The summed E-state index contributed by atoms with van der Waals surface area (Å²) in [7, 11) is 0. The number of hydrogen-bond acceptors (Lipinski definition) is 4. The Balaban J connectivity index is 0.00000363. The summed E-state index contributed by atoms with van der Waals surface area (Å²) in [5, 5.41) is 9.58. The molecule has 32 heavy (non-hydrogen) atoms. The van der Waals surface area contributed by atoms with Crippen molar-refractivity contribution in [2.75, 3.05) is 39.3 Å². The van der Waals surface area contributed by atoms with Gasteiger partial charge in [-0.3, -0.25) is 9.69 Å². The molecule has 7 nitrogen and oxygen atoms in total. The van der Waals surface area contributed by atoms with Crippen LogP contribution in [0.15, 0.2) is 58.1 Å². The Morgan fingerprint density at radius 1 is 1.06 bits per heavy atom. The van der Waals surface area contributed by atoms with Crippen LogP contribution in [0.2, 0.25) is 0 Å². The molecule has 2 heterocycles. The first-order valence-electron chi connectivity index (χ1n) is 11.4. The highest BCUT2D eigenvalue weighted by molar-refractivity contribution is 14.0. The van der Waals surface area contributed by atoms with Gasteiger partial charge in [0.05, 0.1) is 12.3 Å². The van der Waals surface area contributed by atoms with Crippen LogP contribution in [0.1, 0.15) is 43.6 Å². The molecule has 176 valence electrons. The lowest BCUT2D eigenvalue weighted by molar-refractivity contribution is -0.119. The molecule has 2 aromatic rings. The second-order valence-electron chi connectivity index (χ2n) is 7.79. The van der Waals surface area contributed by atoms with Crippen molar-refractivity contribution in [2.24, 2.45) is 4.99 Å². The third-order valence-electron chi connectivity index (χ3n) is 5.47. The Hall–Kier alpha value is -2.07. The lowest BCUT2D eigenvalue weighted by Gasteiger charge is -2.33. The maximum Gasteiger partial charge on any atom is 0.241 e. The van der Waals surface area contributed by atoms with E-state index in [1.807, 2.05) is 37.3 Å². The van der Waals surface area contributed by atoms with Crippen LogP contribution in [0.5, 0.6) is 0 Å². The van der Waals surface area contributed by atoms with Gasteiger partial charge in [0.2, 0.25) is 5.91 Å². The molecule has 8 heteroatoms. The minimum Gasteiger partial charge on any atom is -0.468 e. The number of aliphatic imine (C=N–C) groups is 1. The van der Waals surface area contributed by atoms with Crippen molar-refractivity contribution in [3.8, 4) is 0 Å². The first-order valence-corrected chi connectivity index (χ1v) is 11.4. The van der Waals surface area contributed by atoms with Gasteiger partial charge in [0.25, 0.3) is 0 Å². The van der Waals surface area contributed by atoms with Crippen molar-refractivity contribution in [3.05, 3.63) is 60.1 Å². The topological polar surface area (TPSA) is 81.9 Å². The van der Waals surface area contributed by atoms with Crippen LogP contribution in [0.25, 0.3) is 0 Å². The Labute approximate surface area is 208 Å². The molecular formula is C24H36IN5O2. The minimum atomic E-state index is -0.0771. The fourth-order valence-corrected chi connectivity index (χ4v) is 3.85. The summed E-state index contributed by atoms with van der Waals surface area (Å²) in [6.07, 6.45) is 6.27. The van der Waals surface area contributed by atoms with Gasteiger partial charge in [-0.1, -0.05) is 36.8 Å². The lowest BCUT2D eigenvalue weighted by Crippen LogP contribution is -2.44. The van der Waals surface area contributed by atoms with Gasteiger partial charge < -0.3 is 20.4 Å². The largest absolute Gasteiger partial charge is 0.468 e. The molecule has 1 amide bonds. The summed E-state index contributed by atoms with van der Waals surface area (Å²) in [6, 6.07) is 14.3. The molecule has 1 saturated heterocycles. The number of nitrogens with one attached hydrogen (secondary N) is 3. The minimum absolute atomic E-state index is 0. The van der Waals surface area contributed by atoms with Gasteiger partial charge in [-0.15, -0.1) is 24.0 Å². The Morgan fingerprint density at radius 3 is 2.53 bits per heavy atom. The maximum absolute atomic E-state index is 12.2. The predicted molar refractivity (Wildman–Crippen MR) is 139 cm³/mol. The van der Waals surface area contributed by atoms with Gasteiger partial charge in [-0.25, -0.2) is 4.99 Å². The summed E-state index contributed by atoms with van der Waals surface area (Å²) in [6.45, 7) is 6.28. The van der Waals surface area contributed by atoms with Crippen LogP contribution in [-0.2, 0) is 11.2 Å². The van der Waals surface area contributed by atoms with Crippen molar-refractivity contribution in [1.82, 2.24) is 20.9 Å². The maximum atomic E-state index is 12.2. The van der Waals surface area contributed by atoms with Crippen LogP contribution in [0, 0.1) is 0 Å². The number of guanidine groups is 1. The molecule has 1 aromatic heterocycles. The van der Waals surface area contributed by atoms with Gasteiger partial charge in [0.1, 0.15) is 12.3 Å². The zero-order valence-electron chi connectivity index (χ0n) is 18.9. The third-order valence-corrected chi connectivity index (χ3v) is 5.47. The fraction of sp³-hybridized carbons (Fsp3) is 0.500. The lowest BCUT2D eigenvalue weighted by atomic mass is 10.1. The Bertz CT molecular complexity index is 792. The van der Waals surface area contributed by atoms with Gasteiger partial charge in [0, 0.05) is 19.6 Å². The van der Waals surface area contributed by atoms with Gasteiger partial charge >= 0.3 is 0 Å². The average molecular weight is 553 g/mol. The molecule has 3 N–H and O–H groups in total. The van der Waals surface area contributed by atoms with E-state index in [-0.39, 0.29) is 42.5 Å². The van der Waals surface area contributed by atoms with Crippen LogP contribution in [0.3, 0.4) is 0 Å². The molecule has 0 radical (unpaired) electrons. The summed E-state index contributed by atoms with van der Waals surface area (Å²) in [5.74, 6) is 1.53. The number of likely N-dealkylation sites (tertiary alicyclic amines) is 1. The highest BCUT2D eigenvalue weighted by Gasteiger charge is 2.24. The zero-order chi connectivity index (χ0) is 21.7. The highest BCUT2D eigenvalue weighted by atomic mass is 127. The first kappa shape index (κ1) is 26.2. The standard InChI is InChI=1S/C24H35N5O2.HI/c1-2-25-24(28-19-23(30)26-14-13-20-10-5-3-6-11-20)27-18-21(22-12-9-17-31-22)29-15-7-4-8-16-29;/h3,5-6,9-12,17,21H,2,4,7-8,13-16,18-19H2,1H3,(H,26,30)(H2,25,27,28);1H. The molecule has 1 atom stereocenters. The van der Waals surface area contributed by atoms with E-state index >= 15 is 0 Å². The monoisotopic (exact) mass is 553 g/mol. The number of carbonyl (C=O) groups excluding carboxylic acids is 1. The molecule has 1 aliphatic rings. The normalized spacial score (nSPS) is 15.5. The molecule has 3 rings (SSSR count). The highest BCUT2D eigenvalue weighted by Crippen LogP contribution is 2.24. The first-order chi connectivity index (χ1) is 15.3. The number of halogens is 1. The smallest absolute Gasteiger partial charge is 0.241 e. The van der Waals surface area contributed by atoms with Crippen LogP contribution >= 0.6 is 24.0 Å². The van der Waals surface area contributed by atoms with E-state index in [1.54, 1.807) is 6.26 Å². The number of piperidine rings is 1. The SMILES string of the molecule is CCNC(=NCC(=O)NCCc1ccccc1)NCC(c1ccco1)N1CCCCC1.I. The van der Waals surface area contributed by atoms with E-state index < -0.39 is 0 Å². The van der Waals surface area contributed by atoms with Crippen molar-refractivity contribution < 1.29 is 9.21 Å². The van der Waals surface area contributed by atoms with E-state index in [2.05, 4.69) is 38.0 Å². The second kappa shape index (κ2) is 14.9. The third kappa shape index (κ3) is 8.82. The number of rotatable bonds is 10. The van der Waals surface area contributed by atoms with E-state index in [1.165, 1.54) is 24.8 Å². The van der Waals surface area contributed by atoms with E-state index in [4.69, 9.17) is 4.42 Å². The summed E-state index contributed by atoms with van der Waals surface area (Å²) >= 11 is 0. The number of benzene rings is 1. The molecular weight excluding hydrogens is 517 g/mol. The number of nitrogens with zero attached hydrogens (tertiary/aromatic N) is 2. The Kier molecular flexibility index (Phi) is 12.2. The molecule has 0 bridgehead atoms. The van der Waals surface area contributed by atoms with Crippen molar-refractivity contribution in [3.63, 3.8) is 0 Å². The van der Waals surface area contributed by atoms with E-state index in [0.29, 0.717) is 19.0 Å². The second-order valence-corrected chi connectivity index (χ2v) is 7.79. The fourth-order valence-electron chi connectivity index (χ4n) is 3.85. The van der Waals surface area contributed by atoms with Crippen molar-refractivity contribution >= 4 is 35.8 Å². The predicted octanol–water partition coefficient (Wildman–Crippen LogP) is 3.34. The molecule has 1 fully saturated rings. The zero-order valence-corrected chi connectivity index (χ0v) is 21.2. The van der Waals surface area contributed by atoms with Gasteiger partial charge in [-0.05, 0) is 57.0 Å².